The van der Waals surface area contributed by atoms with Gasteiger partial charge in [-0.05, 0) is 58.5 Å². The van der Waals surface area contributed by atoms with E-state index in [-0.39, 0.29) is 56.4 Å². The summed E-state index contributed by atoms with van der Waals surface area (Å²) in [5.41, 5.74) is 1.15. The van der Waals surface area contributed by atoms with Gasteiger partial charge in [-0.2, -0.15) is 0 Å². The van der Waals surface area contributed by atoms with Gasteiger partial charge in [0, 0.05) is 37.1 Å². The SMILES string of the molecule is CCC(=O)C(=O)N(Cc1ccc2c(c1)OCO2)C1CC(C(=O)NCCO)=CC(Oc2c(I)cc(C=O)cc2OC)C1O. The van der Waals surface area contributed by atoms with Crippen LogP contribution in [0.4, 0.5) is 0 Å². The maximum atomic E-state index is 13.5. The number of aldehydes is 1. The van der Waals surface area contributed by atoms with Gasteiger partial charge >= 0.3 is 0 Å². The van der Waals surface area contributed by atoms with Crippen molar-refractivity contribution in [3.05, 3.63) is 56.7 Å². The summed E-state index contributed by atoms with van der Waals surface area (Å²) in [5.74, 6) is -0.534. The molecular formula is C29H31IN2O10. The van der Waals surface area contributed by atoms with Crippen molar-refractivity contribution in [3.8, 4) is 23.0 Å². The number of carbonyl (C=O) groups is 4. The van der Waals surface area contributed by atoms with Gasteiger partial charge in [0.15, 0.2) is 23.0 Å². The number of ketones is 1. The lowest BCUT2D eigenvalue weighted by Crippen LogP contribution is -2.56. The normalized spacial score (nSPS) is 19.0. The third-order valence-corrected chi connectivity index (χ3v) is 7.67. The van der Waals surface area contributed by atoms with Crippen LogP contribution in [0.5, 0.6) is 23.0 Å². The summed E-state index contributed by atoms with van der Waals surface area (Å²) in [4.78, 5) is 51.8. The fraction of sp³-hybridized carbons (Fsp3) is 0.379. The maximum absolute atomic E-state index is 13.5. The quantitative estimate of drug-likeness (QED) is 0.170. The zero-order chi connectivity index (χ0) is 30.4. The number of hydrogen-bond acceptors (Lipinski definition) is 10. The smallest absolute Gasteiger partial charge is 0.290 e. The third kappa shape index (κ3) is 6.85. The molecule has 0 saturated carbocycles. The number of aliphatic hydroxyl groups is 2. The summed E-state index contributed by atoms with van der Waals surface area (Å²) in [6.45, 7) is 1.25. The Kier molecular flexibility index (Phi) is 10.4. The van der Waals surface area contributed by atoms with Crippen LogP contribution >= 0.6 is 22.6 Å². The summed E-state index contributed by atoms with van der Waals surface area (Å²) in [6, 6.07) is 7.10. The lowest BCUT2D eigenvalue weighted by atomic mass is 9.87. The third-order valence-electron chi connectivity index (χ3n) is 6.87. The van der Waals surface area contributed by atoms with Crippen LogP contribution in [0, 0.1) is 3.57 Å². The number of rotatable bonds is 12. The minimum Gasteiger partial charge on any atom is -0.493 e. The molecule has 1 aliphatic carbocycles. The number of carbonyl (C=O) groups excluding carboxylic acids is 4. The lowest BCUT2D eigenvalue weighted by molar-refractivity contribution is -0.149. The number of aliphatic hydroxyl groups excluding tert-OH is 2. The number of benzene rings is 2. The second-order valence-electron chi connectivity index (χ2n) is 9.57. The van der Waals surface area contributed by atoms with Crippen LogP contribution < -0.4 is 24.3 Å². The van der Waals surface area contributed by atoms with Gasteiger partial charge in [-0.15, -0.1) is 0 Å². The molecule has 2 aliphatic rings. The van der Waals surface area contributed by atoms with Crippen molar-refractivity contribution in [1.29, 1.82) is 0 Å². The molecule has 224 valence electrons. The number of hydrogen-bond donors (Lipinski definition) is 3. The second kappa shape index (κ2) is 14.0. The van der Waals surface area contributed by atoms with E-state index in [0.717, 1.165) is 0 Å². The van der Waals surface area contributed by atoms with Crippen LogP contribution in [0.1, 0.15) is 35.7 Å². The molecule has 0 aromatic heterocycles. The monoisotopic (exact) mass is 694 g/mol. The van der Waals surface area contributed by atoms with Crippen LogP contribution in [0.25, 0.3) is 0 Å². The molecule has 0 bridgehead atoms. The zero-order valence-electron chi connectivity index (χ0n) is 23.0. The highest BCUT2D eigenvalue weighted by molar-refractivity contribution is 14.1. The first-order valence-corrected chi connectivity index (χ1v) is 14.3. The average molecular weight is 694 g/mol. The Balaban J connectivity index is 1.74. The molecule has 0 fully saturated rings. The molecular weight excluding hydrogens is 663 g/mol. The Bertz CT molecular complexity index is 1390. The van der Waals surface area contributed by atoms with Crippen molar-refractivity contribution < 1.29 is 48.3 Å². The van der Waals surface area contributed by atoms with Crippen molar-refractivity contribution in [1.82, 2.24) is 10.2 Å². The Labute approximate surface area is 255 Å². The summed E-state index contributed by atoms with van der Waals surface area (Å²) in [6.07, 6.45) is -0.586. The predicted molar refractivity (Wildman–Crippen MR) is 157 cm³/mol. The number of methoxy groups -OCH3 is 1. The standard InChI is InChI=1S/C29H31IN2O10/c1-3-21(35)29(38)32(13-16-4-5-22-23(9-16)41-15-40-22)20-11-18(28(37)31-6-7-33)12-24(26(20)36)42-27-19(30)8-17(14-34)10-25(27)39-2/h4-5,8-10,12,14,20,24,26,33,36H,3,6-7,11,13,15H2,1-2H3,(H,31,37). The largest absolute Gasteiger partial charge is 0.493 e. The topological polar surface area (TPSA) is 161 Å². The molecule has 13 heteroatoms. The highest BCUT2D eigenvalue weighted by atomic mass is 127. The Hall–Kier alpha value is -3.69. The molecule has 3 atom stereocenters. The zero-order valence-corrected chi connectivity index (χ0v) is 25.2. The van der Waals surface area contributed by atoms with E-state index in [1.165, 1.54) is 24.2 Å². The second-order valence-corrected chi connectivity index (χ2v) is 10.7. The van der Waals surface area contributed by atoms with Crippen LogP contribution in [-0.4, -0.2) is 84.3 Å². The van der Waals surface area contributed by atoms with E-state index in [0.29, 0.717) is 32.5 Å². The number of Topliss-reactive ketones (excluding diaryl/α,β-unsaturated/α-hetero) is 1. The minimum atomic E-state index is -1.38. The van der Waals surface area contributed by atoms with Crippen molar-refractivity contribution >= 4 is 46.5 Å². The van der Waals surface area contributed by atoms with Gasteiger partial charge in [0.25, 0.3) is 5.91 Å². The molecule has 2 amide bonds. The number of fused-ring (bicyclic) bond motifs is 1. The first-order chi connectivity index (χ1) is 20.2. The molecule has 0 spiro atoms. The molecule has 42 heavy (non-hydrogen) atoms. The number of ether oxygens (including phenoxy) is 4. The fourth-order valence-corrected chi connectivity index (χ4v) is 5.48. The van der Waals surface area contributed by atoms with Gasteiger partial charge < -0.3 is 39.4 Å². The van der Waals surface area contributed by atoms with Crippen molar-refractivity contribution in [2.45, 2.75) is 44.6 Å². The van der Waals surface area contributed by atoms with E-state index in [2.05, 4.69) is 5.32 Å². The van der Waals surface area contributed by atoms with Crippen molar-refractivity contribution in [2.24, 2.45) is 0 Å². The molecule has 3 N–H and O–H groups in total. The average Bonchev–Trinajstić information content (AvgIpc) is 3.47. The van der Waals surface area contributed by atoms with E-state index in [9.17, 15) is 29.4 Å². The minimum absolute atomic E-state index is 0.0119. The number of amides is 2. The molecule has 0 saturated heterocycles. The molecule has 3 unspecified atom stereocenters. The Morgan fingerprint density at radius 3 is 2.64 bits per heavy atom. The lowest BCUT2D eigenvalue weighted by Gasteiger charge is -2.40. The molecule has 4 rings (SSSR count). The van der Waals surface area contributed by atoms with Crippen LogP contribution in [-0.2, 0) is 20.9 Å². The molecule has 2 aromatic rings. The number of nitrogens with one attached hydrogen (secondary N) is 1. The summed E-state index contributed by atoms with van der Waals surface area (Å²) < 4.78 is 23.0. The van der Waals surface area contributed by atoms with Gasteiger partial charge in [-0.1, -0.05) is 13.0 Å². The van der Waals surface area contributed by atoms with E-state index in [1.54, 1.807) is 31.2 Å². The van der Waals surface area contributed by atoms with Gasteiger partial charge in [0.2, 0.25) is 18.5 Å². The Morgan fingerprint density at radius 1 is 1.19 bits per heavy atom. The van der Waals surface area contributed by atoms with Crippen LogP contribution in [0.3, 0.4) is 0 Å². The van der Waals surface area contributed by atoms with Gasteiger partial charge in [-0.3, -0.25) is 19.2 Å². The van der Waals surface area contributed by atoms with Gasteiger partial charge in [0.1, 0.15) is 18.5 Å². The van der Waals surface area contributed by atoms with E-state index >= 15 is 0 Å². The summed E-state index contributed by atoms with van der Waals surface area (Å²) in [5, 5.41) is 23.4. The van der Waals surface area contributed by atoms with Gasteiger partial charge in [-0.25, -0.2) is 0 Å². The molecule has 1 heterocycles. The fourth-order valence-electron chi connectivity index (χ4n) is 4.72. The van der Waals surface area contributed by atoms with E-state index in [4.69, 9.17) is 18.9 Å². The highest BCUT2D eigenvalue weighted by Crippen LogP contribution is 2.38. The first-order valence-electron chi connectivity index (χ1n) is 13.2. The molecule has 1 aliphatic heterocycles. The molecule has 0 radical (unpaired) electrons. The van der Waals surface area contributed by atoms with E-state index < -0.39 is 35.8 Å². The summed E-state index contributed by atoms with van der Waals surface area (Å²) in [7, 11) is 1.40. The van der Waals surface area contributed by atoms with Crippen LogP contribution in [0.15, 0.2) is 42.0 Å². The molecule has 12 nitrogen and oxygen atoms in total. The van der Waals surface area contributed by atoms with Crippen LogP contribution in [0.2, 0.25) is 0 Å². The maximum Gasteiger partial charge on any atom is 0.290 e. The highest BCUT2D eigenvalue weighted by Gasteiger charge is 2.42. The molecule has 2 aromatic carbocycles. The Morgan fingerprint density at radius 2 is 1.95 bits per heavy atom. The number of halogens is 1. The first kappa shape index (κ1) is 31.3. The van der Waals surface area contributed by atoms with Crippen molar-refractivity contribution in [2.75, 3.05) is 27.1 Å². The number of nitrogens with zero attached hydrogens (tertiary/aromatic N) is 1. The summed E-state index contributed by atoms with van der Waals surface area (Å²) >= 11 is 1.97. The van der Waals surface area contributed by atoms with Crippen molar-refractivity contribution in [3.63, 3.8) is 0 Å². The van der Waals surface area contributed by atoms with Gasteiger partial charge in [0.05, 0.1) is 23.3 Å². The van der Waals surface area contributed by atoms with E-state index in [1.807, 2.05) is 22.6 Å². The predicted octanol–water partition coefficient (Wildman–Crippen LogP) is 1.76.